The predicted octanol–water partition coefficient (Wildman–Crippen LogP) is 6.37. The summed E-state index contributed by atoms with van der Waals surface area (Å²) in [5.41, 5.74) is 2.57. The summed E-state index contributed by atoms with van der Waals surface area (Å²) in [5.74, 6) is -1.38. The third-order valence-corrected chi connectivity index (χ3v) is 10.2. The van der Waals surface area contributed by atoms with Crippen molar-refractivity contribution in [3.8, 4) is 5.75 Å². The number of anilines is 2. The third-order valence-electron chi connectivity index (χ3n) is 7.96. The van der Waals surface area contributed by atoms with Gasteiger partial charge in [-0.2, -0.15) is 0 Å². The summed E-state index contributed by atoms with van der Waals surface area (Å²) < 4.78 is 10.8. The van der Waals surface area contributed by atoms with Gasteiger partial charge < -0.3 is 30.3 Å². The number of fused-ring (bicyclic) bond motifs is 1. The lowest BCUT2D eigenvalue weighted by Crippen LogP contribution is -2.34. The molecule has 0 saturated heterocycles. The first-order valence-electron chi connectivity index (χ1n) is 16.2. The molecule has 1 aromatic heterocycles. The van der Waals surface area contributed by atoms with Gasteiger partial charge in [0.2, 0.25) is 11.8 Å². The zero-order valence-electron chi connectivity index (χ0n) is 28.6. The zero-order valence-corrected chi connectivity index (χ0v) is 30.2. The van der Waals surface area contributed by atoms with Crippen LogP contribution in [0.5, 0.6) is 5.75 Å². The SMILES string of the molecule is CCOC(=O)c1c(NC(=O)C(C)Sc2cccc(NC(=O)/C(=C\c3ccccc3OC)NC(=O)c3ccccc3)c2)sc2c1CCN(C(C)=O)C2. The van der Waals surface area contributed by atoms with Gasteiger partial charge in [0.25, 0.3) is 11.8 Å². The van der Waals surface area contributed by atoms with Crippen LogP contribution in [0.3, 0.4) is 0 Å². The number of methoxy groups -OCH3 is 1. The van der Waals surface area contributed by atoms with E-state index < -0.39 is 23.0 Å². The molecule has 0 radical (unpaired) electrons. The minimum atomic E-state index is -0.593. The van der Waals surface area contributed by atoms with Crippen LogP contribution in [0.15, 0.2) is 89.5 Å². The molecule has 51 heavy (non-hydrogen) atoms. The third kappa shape index (κ3) is 9.24. The molecule has 0 spiro atoms. The Bertz CT molecular complexity index is 1980. The number of rotatable bonds is 12. The van der Waals surface area contributed by atoms with Gasteiger partial charge in [-0.05, 0) is 68.3 Å². The van der Waals surface area contributed by atoms with Crippen molar-refractivity contribution in [2.45, 2.75) is 43.9 Å². The number of thiophene rings is 1. The van der Waals surface area contributed by atoms with Crippen LogP contribution in [-0.4, -0.2) is 60.0 Å². The summed E-state index contributed by atoms with van der Waals surface area (Å²) in [5, 5.41) is 8.31. The number of hydrogen-bond donors (Lipinski definition) is 3. The van der Waals surface area contributed by atoms with Crippen molar-refractivity contribution in [3.63, 3.8) is 0 Å². The van der Waals surface area contributed by atoms with Gasteiger partial charge in [-0.25, -0.2) is 4.79 Å². The molecule has 1 aliphatic rings. The standard InChI is InChI=1S/C38H38N4O7S2/c1-5-49-38(47)33-29-18-19-42(24(3)43)22-32(29)51-37(33)41-34(44)23(2)50-28-16-11-15-27(21-28)39-36(46)30(20-26-14-9-10-17-31(26)48-4)40-35(45)25-12-7-6-8-13-25/h6-17,20-21,23H,5,18-19,22H2,1-4H3,(H,39,46)(H,40,45)(H,41,44)/b30-20+. The van der Waals surface area contributed by atoms with Gasteiger partial charge in [-0.15, -0.1) is 23.1 Å². The van der Waals surface area contributed by atoms with Gasteiger partial charge in [-0.3, -0.25) is 19.2 Å². The zero-order chi connectivity index (χ0) is 36.5. The number of ether oxygens (including phenoxy) is 2. The molecule has 0 saturated carbocycles. The average Bonchev–Trinajstić information content (AvgIpc) is 3.49. The lowest BCUT2D eigenvalue weighted by Gasteiger charge is -2.25. The summed E-state index contributed by atoms with van der Waals surface area (Å²) >= 11 is 2.55. The normalized spacial score (nSPS) is 13.0. The molecule has 0 aliphatic carbocycles. The van der Waals surface area contributed by atoms with Crippen molar-refractivity contribution in [3.05, 3.63) is 112 Å². The second kappa shape index (κ2) is 17.0. The number of nitrogens with one attached hydrogen (secondary N) is 3. The van der Waals surface area contributed by atoms with Crippen molar-refractivity contribution in [2.24, 2.45) is 0 Å². The van der Waals surface area contributed by atoms with Crippen LogP contribution in [-0.2, 0) is 32.1 Å². The van der Waals surface area contributed by atoms with E-state index in [2.05, 4.69) is 16.0 Å². The minimum Gasteiger partial charge on any atom is -0.496 e. The summed E-state index contributed by atoms with van der Waals surface area (Å²) in [4.78, 5) is 68.4. The first-order valence-corrected chi connectivity index (χ1v) is 17.9. The molecule has 4 aromatic rings. The molecule has 13 heteroatoms. The molecule has 2 heterocycles. The van der Waals surface area contributed by atoms with Gasteiger partial charge in [0.1, 0.15) is 16.4 Å². The first-order chi connectivity index (χ1) is 24.6. The largest absolute Gasteiger partial charge is 0.496 e. The maximum Gasteiger partial charge on any atom is 0.341 e. The molecule has 11 nitrogen and oxygen atoms in total. The van der Waals surface area contributed by atoms with E-state index in [1.165, 1.54) is 37.1 Å². The van der Waals surface area contributed by atoms with E-state index in [4.69, 9.17) is 9.47 Å². The smallest absolute Gasteiger partial charge is 0.341 e. The van der Waals surface area contributed by atoms with Gasteiger partial charge >= 0.3 is 5.97 Å². The van der Waals surface area contributed by atoms with E-state index in [9.17, 15) is 24.0 Å². The average molecular weight is 727 g/mol. The van der Waals surface area contributed by atoms with Crippen LogP contribution in [0.1, 0.15) is 57.5 Å². The van der Waals surface area contributed by atoms with Gasteiger partial charge in [0.05, 0.1) is 31.1 Å². The van der Waals surface area contributed by atoms with E-state index in [1.54, 1.807) is 97.6 Å². The Labute approximate surface area is 304 Å². The second-order valence-corrected chi connectivity index (χ2v) is 14.0. The van der Waals surface area contributed by atoms with E-state index in [1.807, 2.05) is 6.07 Å². The number of carbonyl (C=O) groups excluding carboxylic acids is 5. The number of para-hydroxylation sites is 1. The second-order valence-electron chi connectivity index (χ2n) is 11.5. The Balaban J connectivity index is 1.31. The number of amides is 4. The van der Waals surface area contributed by atoms with E-state index in [0.29, 0.717) is 57.5 Å². The molecule has 4 amide bonds. The van der Waals surface area contributed by atoms with Crippen LogP contribution < -0.4 is 20.7 Å². The molecule has 1 aliphatic heterocycles. The molecule has 1 atom stereocenters. The molecular weight excluding hydrogens is 689 g/mol. The van der Waals surface area contributed by atoms with Crippen molar-refractivity contribution in [1.29, 1.82) is 0 Å². The molecular formula is C38H38N4O7S2. The molecule has 3 N–H and O–H groups in total. The van der Waals surface area contributed by atoms with Crippen LogP contribution in [0.25, 0.3) is 6.08 Å². The number of carbonyl (C=O) groups is 5. The van der Waals surface area contributed by atoms with Crippen molar-refractivity contribution in [2.75, 3.05) is 30.9 Å². The number of benzene rings is 3. The first kappa shape index (κ1) is 36.9. The molecule has 5 rings (SSSR count). The number of thioether (sulfide) groups is 1. The molecule has 264 valence electrons. The lowest BCUT2D eigenvalue weighted by atomic mass is 10.0. The lowest BCUT2D eigenvalue weighted by molar-refractivity contribution is -0.129. The topological polar surface area (TPSA) is 143 Å². The van der Waals surface area contributed by atoms with Crippen LogP contribution in [0, 0.1) is 0 Å². The predicted molar refractivity (Wildman–Crippen MR) is 199 cm³/mol. The highest BCUT2D eigenvalue weighted by Gasteiger charge is 2.31. The van der Waals surface area contributed by atoms with Crippen LogP contribution in [0.4, 0.5) is 10.7 Å². The molecule has 0 fully saturated rings. The molecule has 0 bridgehead atoms. The maximum atomic E-state index is 13.6. The maximum absolute atomic E-state index is 13.6. The summed E-state index contributed by atoms with van der Waals surface area (Å²) in [6.07, 6.45) is 2.04. The number of hydrogen-bond acceptors (Lipinski definition) is 9. The van der Waals surface area contributed by atoms with Gasteiger partial charge in [-0.1, -0.05) is 42.5 Å². The molecule has 3 aromatic carbocycles. The Kier molecular flexibility index (Phi) is 12.3. The number of nitrogens with zero attached hydrogens (tertiary/aromatic N) is 1. The van der Waals surface area contributed by atoms with Crippen molar-refractivity contribution in [1.82, 2.24) is 10.2 Å². The van der Waals surface area contributed by atoms with E-state index in [0.717, 1.165) is 10.4 Å². The highest BCUT2D eigenvalue weighted by Crippen LogP contribution is 2.38. The molecule has 1 unspecified atom stereocenters. The Morgan fingerprint density at radius 1 is 0.980 bits per heavy atom. The quantitative estimate of drug-likeness (QED) is 0.0869. The summed E-state index contributed by atoms with van der Waals surface area (Å²) in [7, 11) is 1.52. The Morgan fingerprint density at radius 3 is 2.45 bits per heavy atom. The Morgan fingerprint density at radius 2 is 1.73 bits per heavy atom. The summed E-state index contributed by atoms with van der Waals surface area (Å²) in [6.45, 7) is 6.01. The fourth-order valence-corrected chi connectivity index (χ4v) is 7.56. The fourth-order valence-electron chi connectivity index (χ4n) is 5.38. The van der Waals surface area contributed by atoms with Gasteiger partial charge in [0, 0.05) is 40.1 Å². The van der Waals surface area contributed by atoms with E-state index >= 15 is 0 Å². The van der Waals surface area contributed by atoms with Crippen LogP contribution in [0.2, 0.25) is 0 Å². The monoisotopic (exact) mass is 726 g/mol. The van der Waals surface area contributed by atoms with E-state index in [-0.39, 0.29) is 24.1 Å². The number of esters is 1. The van der Waals surface area contributed by atoms with Gasteiger partial charge in [0.15, 0.2) is 0 Å². The van der Waals surface area contributed by atoms with Crippen LogP contribution >= 0.6 is 23.1 Å². The van der Waals surface area contributed by atoms with Crippen molar-refractivity contribution >= 4 is 69.5 Å². The summed E-state index contributed by atoms with van der Waals surface area (Å²) in [6, 6.07) is 22.7. The minimum absolute atomic E-state index is 0.00151. The highest BCUT2D eigenvalue weighted by atomic mass is 32.2. The van der Waals surface area contributed by atoms with Crippen molar-refractivity contribution < 1.29 is 33.4 Å². The Hall–Kier alpha value is -5.40. The highest BCUT2D eigenvalue weighted by molar-refractivity contribution is 8.00. The fraction of sp³-hybridized carbons (Fsp3) is 0.237.